The molecule has 2 rings (SSSR count). The summed E-state index contributed by atoms with van der Waals surface area (Å²) in [5.74, 6) is -6.89. The Hall–Kier alpha value is -5.40. The quantitative estimate of drug-likeness (QED) is 0.0631. The minimum atomic E-state index is -1.61. The number of aromatic amines is 1. The van der Waals surface area contributed by atoms with Crippen LogP contribution in [0.3, 0.4) is 0 Å². The summed E-state index contributed by atoms with van der Waals surface area (Å²) < 4.78 is 0. The van der Waals surface area contributed by atoms with Gasteiger partial charge in [-0.05, 0) is 18.9 Å². The lowest BCUT2D eigenvalue weighted by molar-refractivity contribution is -0.143. The Kier molecular flexibility index (Phi) is 15.6. The van der Waals surface area contributed by atoms with E-state index >= 15 is 0 Å². The number of nitrogens with one attached hydrogen (secondary N) is 6. The average Bonchev–Trinajstić information content (AvgIpc) is 3.55. The lowest BCUT2D eigenvalue weighted by Gasteiger charge is -2.24. The number of hydrogen-bond acceptors (Lipinski definition) is 11. The number of hydrogen-bond donors (Lipinski definition) is 11. The number of nitrogens with two attached hydrogens (primary N) is 2. The Morgan fingerprint density at radius 3 is 2.08 bits per heavy atom. The number of carboxylic acids is 1. The second-order valence-electron chi connectivity index (χ2n) is 10.8. The van der Waals surface area contributed by atoms with Gasteiger partial charge in [0.15, 0.2) is 0 Å². The summed E-state index contributed by atoms with van der Waals surface area (Å²) in [5, 5.41) is 40.7. The monoisotopic (exact) mass is 675 g/mol. The molecular formula is C29H41N9O10. The van der Waals surface area contributed by atoms with Gasteiger partial charge < -0.3 is 58.4 Å². The number of imidazole rings is 1. The maximum Gasteiger partial charge on any atom is 0.326 e. The molecule has 19 heteroatoms. The summed E-state index contributed by atoms with van der Waals surface area (Å²) >= 11 is 0. The van der Waals surface area contributed by atoms with Gasteiger partial charge in [-0.15, -0.1) is 0 Å². The zero-order valence-electron chi connectivity index (χ0n) is 26.0. The molecule has 0 bridgehead atoms. The van der Waals surface area contributed by atoms with E-state index in [1.807, 2.05) is 0 Å². The summed E-state index contributed by atoms with van der Waals surface area (Å²) in [6, 6.07) is 1.33. The van der Waals surface area contributed by atoms with Crippen LogP contribution in [-0.4, -0.2) is 116 Å². The average molecular weight is 676 g/mol. The first-order valence-electron chi connectivity index (χ1n) is 14.8. The molecule has 0 aliphatic carbocycles. The van der Waals surface area contributed by atoms with E-state index in [0.717, 1.165) is 0 Å². The van der Waals surface area contributed by atoms with E-state index in [1.165, 1.54) is 19.4 Å². The second-order valence-corrected chi connectivity index (χ2v) is 10.8. The van der Waals surface area contributed by atoms with Crippen LogP contribution in [0.4, 0.5) is 0 Å². The van der Waals surface area contributed by atoms with Crippen molar-refractivity contribution in [3.05, 3.63) is 54.1 Å². The number of primary amides is 1. The standard InChI is InChI=1S/C29H41N9O10/c1-15(40)24(28(46)36-20(29(47)48)9-16-5-3-2-4-6-16)38-23(42)12-33-26(44)19(7-8-22(31)41)35-27(45)21(13-39)37-25(43)18(30)10-17-11-32-14-34-17/h2-6,11,14-15,18-21,24,39-40H,7-10,12-13,30H2,1H3,(H2,31,41)(H,32,34)(H,33,44)(H,35,45)(H,36,46)(H,37,43)(H,38,42)(H,47,48)/t15?,18-,19-,20-,21-,24-/m0/s1. The van der Waals surface area contributed by atoms with Crippen molar-refractivity contribution in [3.8, 4) is 0 Å². The van der Waals surface area contributed by atoms with Crippen molar-refractivity contribution in [2.75, 3.05) is 13.2 Å². The van der Waals surface area contributed by atoms with Crippen LogP contribution in [0.1, 0.15) is 31.0 Å². The van der Waals surface area contributed by atoms with E-state index in [9.17, 15) is 48.9 Å². The highest BCUT2D eigenvalue weighted by atomic mass is 16.4. The van der Waals surface area contributed by atoms with Crippen LogP contribution >= 0.6 is 0 Å². The molecule has 0 saturated carbocycles. The van der Waals surface area contributed by atoms with Gasteiger partial charge in [-0.1, -0.05) is 30.3 Å². The number of carbonyl (C=O) groups is 7. The molecule has 1 heterocycles. The highest BCUT2D eigenvalue weighted by Gasteiger charge is 2.31. The van der Waals surface area contributed by atoms with Gasteiger partial charge in [0.1, 0.15) is 24.2 Å². The number of aliphatic hydroxyl groups excluding tert-OH is 2. The molecule has 262 valence electrons. The van der Waals surface area contributed by atoms with Gasteiger partial charge in [-0.2, -0.15) is 0 Å². The predicted octanol–water partition coefficient (Wildman–Crippen LogP) is -4.70. The van der Waals surface area contributed by atoms with E-state index in [0.29, 0.717) is 11.3 Å². The summed E-state index contributed by atoms with van der Waals surface area (Å²) in [5.41, 5.74) is 12.2. The van der Waals surface area contributed by atoms with Crippen LogP contribution in [0.5, 0.6) is 0 Å². The van der Waals surface area contributed by atoms with Gasteiger partial charge in [0.25, 0.3) is 0 Å². The normalized spacial score (nSPS) is 14.6. The molecule has 19 nitrogen and oxygen atoms in total. The number of benzene rings is 1. The number of carbonyl (C=O) groups excluding carboxylic acids is 6. The Morgan fingerprint density at radius 2 is 1.52 bits per heavy atom. The van der Waals surface area contributed by atoms with Gasteiger partial charge in [0, 0.05) is 31.2 Å². The first-order chi connectivity index (χ1) is 22.7. The lowest BCUT2D eigenvalue weighted by atomic mass is 10.0. The van der Waals surface area contributed by atoms with Gasteiger partial charge >= 0.3 is 5.97 Å². The maximum absolute atomic E-state index is 12.9. The van der Waals surface area contributed by atoms with E-state index in [4.69, 9.17) is 11.5 Å². The first kappa shape index (κ1) is 38.8. The fraction of sp³-hybridized carbons (Fsp3) is 0.448. The van der Waals surface area contributed by atoms with Gasteiger partial charge in [0.05, 0.1) is 31.6 Å². The van der Waals surface area contributed by atoms with Crippen LogP contribution in [0.25, 0.3) is 0 Å². The minimum Gasteiger partial charge on any atom is -0.480 e. The molecule has 0 fully saturated rings. The summed E-state index contributed by atoms with van der Waals surface area (Å²) in [7, 11) is 0. The van der Waals surface area contributed by atoms with Crippen molar-refractivity contribution in [1.82, 2.24) is 36.6 Å². The second kappa shape index (κ2) is 19.3. The molecule has 6 amide bonds. The number of nitrogens with zero attached hydrogens (tertiary/aromatic N) is 1. The van der Waals surface area contributed by atoms with Crippen molar-refractivity contribution in [2.24, 2.45) is 11.5 Å². The van der Waals surface area contributed by atoms with E-state index in [2.05, 4.69) is 36.6 Å². The Balaban J connectivity index is 2.00. The summed E-state index contributed by atoms with van der Waals surface area (Å²) in [6.07, 6.45) is 0.643. The van der Waals surface area contributed by atoms with Crippen LogP contribution in [0, 0.1) is 0 Å². The number of rotatable bonds is 20. The van der Waals surface area contributed by atoms with Gasteiger partial charge in [-0.25, -0.2) is 9.78 Å². The highest BCUT2D eigenvalue weighted by molar-refractivity contribution is 5.95. The molecule has 0 radical (unpaired) electrons. The number of aliphatic carboxylic acids is 1. The van der Waals surface area contributed by atoms with Gasteiger partial charge in [0.2, 0.25) is 35.4 Å². The van der Waals surface area contributed by atoms with Crippen molar-refractivity contribution >= 4 is 41.4 Å². The summed E-state index contributed by atoms with van der Waals surface area (Å²) in [6.45, 7) is -0.461. The van der Waals surface area contributed by atoms with Crippen molar-refractivity contribution < 1.29 is 48.9 Å². The maximum atomic E-state index is 12.9. The number of carboxylic acid groups (broad SMARTS) is 1. The van der Waals surface area contributed by atoms with Crippen molar-refractivity contribution in [2.45, 2.75) is 68.9 Å². The zero-order chi connectivity index (χ0) is 35.8. The van der Waals surface area contributed by atoms with Crippen LogP contribution < -0.4 is 38.1 Å². The summed E-state index contributed by atoms with van der Waals surface area (Å²) in [4.78, 5) is 93.5. The third kappa shape index (κ3) is 13.1. The number of H-pyrrole nitrogens is 1. The smallest absolute Gasteiger partial charge is 0.326 e. The topological polar surface area (TPSA) is 321 Å². The SMILES string of the molecule is CC(O)[C@H](NC(=O)CNC(=O)[C@H](CCC(N)=O)NC(=O)[C@H](CO)NC(=O)[C@@H](N)Cc1cnc[nH]1)C(=O)N[C@@H](Cc1ccccc1)C(=O)O. The van der Waals surface area contributed by atoms with E-state index in [1.54, 1.807) is 30.3 Å². The lowest BCUT2D eigenvalue weighted by Crippen LogP contribution is -2.59. The largest absolute Gasteiger partial charge is 0.480 e. The molecule has 0 saturated heterocycles. The minimum absolute atomic E-state index is 0.0444. The molecular weight excluding hydrogens is 634 g/mol. The third-order valence-corrected chi connectivity index (χ3v) is 6.86. The third-order valence-electron chi connectivity index (χ3n) is 6.86. The van der Waals surface area contributed by atoms with E-state index in [-0.39, 0.29) is 25.7 Å². The number of amides is 6. The molecule has 13 N–H and O–H groups in total. The molecule has 0 spiro atoms. The molecule has 6 atom stereocenters. The highest BCUT2D eigenvalue weighted by Crippen LogP contribution is 2.05. The van der Waals surface area contributed by atoms with Crippen LogP contribution in [0.15, 0.2) is 42.9 Å². The molecule has 0 aliphatic rings. The van der Waals surface area contributed by atoms with Gasteiger partial charge in [-0.3, -0.25) is 28.8 Å². The molecule has 48 heavy (non-hydrogen) atoms. The molecule has 1 aromatic heterocycles. The molecule has 0 aliphatic heterocycles. The predicted molar refractivity (Wildman–Crippen MR) is 166 cm³/mol. The number of aromatic nitrogens is 2. The van der Waals surface area contributed by atoms with Crippen molar-refractivity contribution in [3.63, 3.8) is 0 Å². The fourth-order valence-electron chi connectivity index (χ4n) is 4.26. The van der Waals surface area contributed by atoms with Crippen LogP contribution in [-0.2, 0) is 46.4 Å². The van der Waals surface area contributed by atoms with Crippen LogP contribution in [0.2, 0.25) is 0 Å². The van der Waals surface area contributed by atoms with Crippen molar-refractivity contribution in [1.29, 1.82) is 0 Å². The zero-order valence-corrected chi connectivity index (χ0v) is 26.0. The Morgan fingerprint density at radius 1 is 0.875 bits per heavy atom. The Bertz CT molecular complexity index is 1410. The molecule has 2 aromatic rings. The fourth-order valence-corrected chi connectivity index (χ4v) is 4.26. The Labute approximate surface area is 274 Å². The molecule has 1 aromatic carbocycles. The first-order valence-corrected chi connectivity index (χ1v) is 14.8. The number of aliphatic hydroxyl groups is 2. The van der Waals surface area contributed by atoms with E-state index < -0.39 is 90.9 Å². The molecule has 1 unspecified atom stereocenters.